The summed E-state index contributed by atoms with van der Waals surface area (Å²) < 4.78 is 10.9. The molecular weight excluding hydrogens is 380 g/mol. The van der Waals surface area contributed by atoms with Crippen LogP contribution >= 0.6 is 0 Å². The largest absolute Gasteiger partial charge is 0.504 e. The fourth-order valence-corrected chi connectivity index (χ4v) is 3.62. The van der Waals surface area contributed by atoms with Gasteiger partial charge in [-0.15, -0.1) is 0 Å². The van der Waals surface area contributed by atoms with Crippen molar-refractivity contribution in [1.82, 2.24) is 0 Å². The fraction of sp³-hybridized carbons (Fsp3) is 0.417. The van der Waals surface area contributed by atoms with Gasteiger partial charge in [0, 0.05) is 23.6 Å². The highest BCUT2D eigenvalue weighted by atomic mass is 16.5. The van der Waals surface area contributed by atoms with Gasteiger partial charge in [-0.3, -0.25) is 9.98 Å². The molecule has 0 heterocycles. The van der Waals surface area contributed by atoms with Crippen molar-refractivity contribution in [2.24, 2.45) is 9.98 Å². The summed E-state index contributed by atoms with van der Waals surface area (Å²) in [5, 5.41) is 20.8. The first-order valence-corrected chi connectivity index (χ1v) is 10.6. The van der Waals surface area contributed by atoms with Crippen LogP contribution in [0.5, 0.6) is 23.0 Å². The van der Waals surface area contributed by atoms with Crippen molar-refractivity contribution in [1.29, 1.82) is 0 Å². The Balaban J connectivity index is 1.76. The molecular formula is C24H30N2O4. The van der Waals surface area contributed by atoms with E-state index in [2.05, 4.69) is 0 Å². The Morgan fingerprint density at radius 3 is 1.63 bits per heavy atom. The Labute approximate surface area is 177 Å². The number of aliphatic imine (C=N–C) groups is 2. The first-order valence-electron chi connectivity index (χ1n) is 10.6. The highest BCUT2D eigenvalue weighted by molar-refractivity contribution is 5.86. The van der Waals surface area contributed by atoms with Crippen LogP contribution in [-0.4, -0.2) is 47.9 Å². The van der Waals surface area contributed by atoms with E-state index in [9.17, 15) is 10.2 Å². The van der Waals surface area contributed by atoms with Gasteiger partial charge in [-0.25, -0.2) is 0 Å². The lowest BCUT2D eigenvalue weighted by Gasteiger charge is -2.25. The molecule has 0 aromatic heterocycles. The van der Waals surface area contributed by atoms with Gasteiger partial charge in [0.25, 0.3) is 0 Å². The van der Waals surface area contributed by atoms with Crippen molar-refractivity contribution >= 4 is 12.4 Å². The summed E-state index contributed by atoms with van der Waals surface area (Å²) in [6, 6.07) is 10.9. The van der Waals surface area contributed by atoms with E-state index in [1.165, 1.54) is 0 Å². The molecule has 6 nitrogen and oxygen atoms in total. The van der Waals surface area contributed by atoms with E-state index < -0.39 is 0 Å². The van der Waals surface area contributed by atoms with Crippen molar-refractivity contribution in [3.63, 3.8) is 0 Å². The average molecular weight is 411 g/mol. The van der Waals surface area contributed by atoms with E-state index in [1.54, 1.807) is 24.6 Å². The minimum atomic E-state index is 0.0300. The Morgan fingerprint density at radius 1 is 0.800 bits per heavy atom. The van der Waals surface area contributed by atoms with E-state index in [0.717, 1.165) is 25.7 Å². The maximum Gasteiger partial charge on any atom is 0.166 e. The van der Waals surface area contributed by atoms with Gasteiger partial charge in [-0.05, 0) is 51.0 Å². The Kier molecular flexibility index (Phi) is 7.71. The molecule has 0 amide bonds. The van der Waals surface area contributed by atoms with Gasteiger partial charge in [-0.2, -0.15) is 0 Å². The number of phenolic OH excluding ortho intramolecular Hbond substituents is 2. The average Bonchev–Trinajstić information content (AvgIpc) is 2.76. The maximum absolute atomic E-state index is 10.4. The lowest BCUT2D eigenvalue weighted by atomic mass is 9.91. The summed E-state index contributed by atoms with van der Waals surface area (Å²) in [7, 11) is 0. The molecule has 1 aliphatic rings. The quantitative estimate of drug-likeness (QED) is 0.616. The number of nitrogens with zero attached hydrogens (tertiary/aromatic N) is 2. The fourth-order valence-electron chi connectivity index (χ4n) is 3.62. The van der Waals surface area contributed by atoms with Crippen LogP contribution in [-0.2, 0) is 0 Å². The molecule has 0 radical (unpaired) electrons. The predicted molar refractivity (Wildman–Crippen MR) is 120 cm³/mol. The number of ether oxygens (including phenoxy) is 2. The standard InChI is InChI=1S/C24H30N2O4/c1-3-29-21-13-7-9-17(23(21)27)15-25-19-11-5-6-12-20(19)26-16-18-10-8-14-22(24(18)28)30-4-2/h7-10,13-16,19-20,27-28H,3-6,11-12H2,1-2H3/t19-,20-/m0/s1. The highest BCUT2D eigenvalue weighted by Crippen LogP contribution is 2.31. The zero-order chi connectivity index (χ0) is 21.3. The summed E-state index contributed by atoms with van der Waals surface area (Å²) in [6.07, 6.45) is 7.51. The summed E-state index contributed by atoms with van der Waals surface area (Å²) in [5.41, 5.74) is 1.27. The Hall–Kier alpha value is -3.02. The smallest absolute Gasteiger partial charge is 0.166 e. The molecule has 30 heavy (non-hydrogen) atoms. The van der Waals surface area contributed by atoms with Gasteiger partial charge < -0.3 is 19.7 Å². The van der Waals surface area contributed by atoms with Gasteiger partial charge in [0.05, 0.1) is 25.3 Å². The van der Waals surface area contributed by atoms with Crippen LogP contribution in [0.4, 0.5) is 0 Å². The lowest BCUT2D eigenvalue weighted by molar-refractivity contribution is 0.318. The van der Waals surface area contributed by atoms with E-state index in [1.807, 2.05) is 38.1 Å². The highest BCUT2D eigenvalue weighted by Gasteiger charge is 2.23. The number of hydrogen-bond donors (Lipinski definition) is 2. The van der Waals surface area contributed by atoms with Gasteiger partial charge in [0.15, 0.2) is 23.0 Å². The van der Waals surface area contributed by atoms with Crippen molar-refractivity contribution < 1.29 is 19.7 Å². The molecule has 160 valence electrons. The zero-order valence-corrected chi connectivity index (χ0v) is 17.6. The van der Waals surface area contributed by atoms with Crippen molar-refractivity contribution in [2.75, 3.05) is 13.2 Å². The van der Waals surface area contributed by atoms with Crippen LogP contribution in [0.25, 0.3) is 0 Å². The number of rotatable bonds is 8. The molecule has 0 unspecified atom stereocenters. The molecule has 2 aromatic rings. The Bertz CT molecular complexity index is 821. The maximum atomic E-state index is 10.4. The molecule has 2 N–H and O–H groups in total. The van der Waals surface area contributed by atoms with Crippen LogP contribution in [0.3, 0.4) is 0 Å². The third kappa shape index (κ3) is 5.32. The first-order chi connectivity index (χ1) is 14.6. The second-order valence-corrected chi connectivity index (χ2v) is 7.23. The van der Waals surface area contributed by atoms with Crippen LogP contribution in [0.1, 0.15) is 50.7 Å². The van der Waals surface area contributed by atoms with Gasteiger partial charge in [0.2, 0.25) is 0 Å². The molecule has 0 saturated heterocycles. The summed E-state index contributed by atoms with van der Waals surface area (Å²) in [4.78, 5) is 9.47. The number of benzene rings is 2. The molecule has 1 fully saturated rings. The first kappa shape index (κ1) is 21.7. The molecule has 0 spiro atoms. The number of phenols is 2. The summed E-state index contributed by atoms with van der Waals surface area (Å²) >= 11 is 0. The van der Waals surface area contributed by atoms with Crippen molar-refractivity contribution in [3.8, 4) is 23.0 Å². The molecule has 0 bridgehead atoms. The normalized spacial score (nSPS) is 19.4. The number of aromatic hydroxyl groups is 2. The monoisotopic (exact) mass is 410 g/mol. The summed E-state index contributed by atoms with van der Waals surface area (Å²) in [5.74, 6) is 1.14. The molecule has 3 rings (SSSR count). The second-order valence-electron chi connectivity index (χ2n) is 7.23. The molecule has 0 aliphatic heterocycles. The zero-order valence-electron chi connectivity index (χ0n) is 17.6. The molecule has 2 aromatic carbocycles. The van der Waals surface area contributed by atoms with Crippen molar-refractivity contribution in [2.45, 2.75) is 51.6 Å². The van der Waals surface area contributed by atoms with Gasteiger partial charge in [-0.1, -0.05) is 25.0 Å². The summed E-state index contributed by atoms with van der Waals surface area (Å²) in [6.45, 7) is 4.75. The van der Waals surface area contributed by atoms with Crippen LogP contribution in [0.2, 0.25) is 0 Å². The number of para-hydroxylation sites is 2. The van der Waals surface area contributed by atoms with Crippen LogP contribution in [0.15, 0.2) is 46.4 Å². The van der Waals surface area contributed by atoms with Crippen molar-refractivity contribution in [3.05, 3.63) is 47.5 Å². The number of hydrogen-bond acceptors (Lipinski definition) is 6. The van der Waals surface area contributed by atoms with Gasteiger partial charge in [0.1, 0.15) is 0 Å². The van der Waals surface area contributed by atoms with Gasteiger partial charge >= 0.3 is 0 Å². The lowest BCUT2D eigenvalue weighted by Crippen LogP contribution is -2.27. The predicted octanol–water partition coefficient (Wildman–Crippen LogP) is 4.74. The molecule has 6 heteroatoms. The van der Waals surface area contributed by atoms with E-state index in [-0.39, 0.29) is 23.6 Å². The molecule has 2 atom stereocenters. The van der Waals surface area contributed by atoms with E-state index in [0.29, 0.717) is 35.8 Å². The van der Waals surface area contributed by atoms with Crippen LogP contribution in [0, 0.1) is 0 Å². The van der Waals surface area contributed by atoms with Crippen LogP contribution < -0.4 is 9.47 Å². The SMILES string of the molecule is CCOc1cccc(C=N[C@H]2CCCC[C@@H]2N=Cc2cccc(OCC)c2O)c1O. The molecule has 1 saturated carbocycles. The minimum Gasteiger partial charge on any atom is -0.504 e. The topological polar surface area (TPSA) is 83.6 Å². The third-order valence-electron chi connectivity index (χ3n) is 5.16. The molecule has 1 aliphatic carbocycles. The second kappa shape index (κ2) is 10.7. The van der Waals surface area contributed by atoms with E-state index >= 15 is 0 Å². The Morgan fingerprint density at radius 2 is 1.23 bits per heavy atom. The minimum absolute atomic E-state index is 0.0300. The third-order valence-corrected chi connectivity index (χ3v) is 5.16. The van der Waals surface area contributed by atoms with E-state index in [4.69, 9.17) is 19.5 Å².